The van der Waals surface area contributed by atoms with Crippen LogP contribution in [0.4, 0.5) is 5.69 Å². The molecule has 0 amide bonds. The van der Waals surface area contributed by atoms with Gasteiger partial charge in [-0.25, -0.2) is 13.1 Å². The van der Waals surface area contributed by atoms with Crippen LogP contribution in [0.3, 0.4) is 0 Å². The molecule has 0 saturated carbocycles. The van der Waals surface area contributed by atoms with Crippen LogP contribution in [-0.2, 0) is 10.0 Å². The summed E-state index contributed by atoms with van der Waals surface area (Å²) >= 11 is 0. The van der Waals surface area contributed by atoms with Crippen molar-refractivity contribution in [2.45, 2.75) is 24.8 Å². The highest BCUT2D eigenvalue weighted by molar-refractivity contribution is 7.89. The molecule has 1 aromatic carbocycles. The molecule has 1 aromatic rings. The second-order valence-corrected chi connectivity index (χ2v) is 6.42. The number of nitrogens with two attached hydrogens (primary N) is 1. The van der Waals surface area contributed by atoms with Gasteiger partial charge in [0, 0.05) is 18.3 Å². The first-order chi connectivity index (χ1) is 8.24. The lowest BCUT2D eigenvalue weighted by Crippen LogP contribution is -2.38. The van der Waals surface area contributed by atoms with Crippen molar-refractivity contribution >= 4 is 15.7 Å². The number of nitrogen functional groups attached to an aromatic ring is 1. The van der Waals surface area contributed by atoms with E-state index < -0.39 is 10.0 Å². The molecule has 18 heavy (non-hydrogen) atoms. The van der Waals surface area contributed by atoms with Crippen LogP contribution in [0.1, 0.15) is 12.5 Å². The zero-order valence-electron chi connectivity index (χ0n) is 11.3. The van der Waals surface area contributed by atoms with Crippen molar-refractivity contribution in [1.29, 1.82) is 0 Å². The zero-order chi connectivity index (χ0) is 13.9. The fourth-order valence-corrected chi connectivity index (χ4v) is 2.80. The Morgan fingerprint density at radius 3 is 2.56 bits per heavy atom. The Bertz CT molecular complexity index is 512. The third kappa shape index (κ3) is 3.69. The lowest BCUT2D eigenvalue weighted by Gasteiger charge is -2.20. The van der Waals surface area contributed by atoms with Crippen LogP contribution in [-0.4, -0.2) is 40.0 Å². The van der Waals surface area contributed by atoms with Gasteiger partial charge in [0.05, 0.1) is 4.90 Å². The molecule has 102 valence electrons. The van der Waals surface area contributed by atoms with Gasteiger partial charge in [0.2, 0.25) is 10.0 Å². The normalized spacial score (nSPS) is 13.8. The molecule has 1 unspecified atom stereocenters. The number of likely N-dealkylation sites (N-methyl/N-ethyl adjacent to an activating group) is 1. The van der Waals surface area contributed by atoms with Crippen molar-refractivity contribution in [3.05, 3.63) is 23.8 Å². The van der Waals surface area contributed by atoms with E-state index in [2.05, 4.69) is 4.72 Å². The van der Waals surface area contributed by atoms with Gasteiger partial charge < -0.3 is 10.6 Å². The monoisotopic (exact) mass is 271 g/mol. The Hall–Kier alpha value is -1.11. The van der Waals surface area contributed by atoms with Crippen molar-refractivity contribution < 1.29 is 8.42 Å². The predicted octanol–water partition coefficient (Wildman–Crippen LogP) is 0.806. The second kappa shape index (κ2) is 5.69. The number of nitrogens with zero attached hydrogens (tertiary/aromatic N) is 1. The summed E-state index contributed by atoms with van der Waals surface area (Å²) in [6.45, 7) is 4.07. The van der Waals surface area contributed by atoms with Crippen LogP contribution in [0.15, 0.2) is 23.1 Å². The first kappa shape index (κ1) is 14.9. The van der Waals surface area contributed by atoms with E-state index in [0.29, 0.717) is 17.8 Å². The number of hydrogen-bond acceptors (Lipinski definition) is 4. The Labute approximate surface area is 109 Å². The summed E-state index contributed by atoms with van der Waals surface area (Å²) in [6.07, 6.45) is 0. The van der Waals surface area contributed by atoms with E-state index in [-0.39, 0.29) is 10.9 Å². The number of benzene rings is 1. The largest absolute Gasteiger partial charge is 0.399 e. The molecule has 0 aromatic heterocycles. The molecule has 0 radical (unpaired) electrons. The fraction of sp³-hybridized carbons (Fsp3) is 0.500. The van der Waals surface area contributed by atoms with Gasteiger partial charge in [-0.15, -0.1) is 0 Å². The molecular formula is C12H21N3O2S. The van der Waals surface area contributed by atoms with E-state index >= 15 is 0 Å². The van der Waals surface area contributed by atoms with Crippen LogP contribution < -0.4 is 10.5 Å². The molecular weight excluding hydrogens is 250 g/mol. The minimum atomic E-state index is -3.50. The maximum absolute atomic E-state index is 12.1. The lowest BCUT2D eigenvalue weighted by atomic mass is 10.2. The van der Waals surface area contributed by atoms with E-state index in [1.807, 2.05) is 25.9 Å². The number of anilines is 1. The third-order valence-corrected chi connectivity index (χ3v) is 4.52. The highest BCUT2D eigenvalue weighted by atomic mass is 32.2. The SMILES string of the molecule is Cc1ccc(N)cc1S(=O)(=O)NCC(C)N(C)C. The highest BCUT2D eigenvalue weighted by Gasteiger charge is 2.18. The molecule has 5 nitrogen and oxygen atoms in total. The van der Waals surface area contributed by atoms with Crippen molar-refractivity contribution in [2.75, 3.05) is 26.4 Å². The Morgan fingerprint density at radius 1 is 1.39 bits per heavy atom. The van der Waals surface area contributed by atoms with E-state index in [9.17, 15) is 8.42 Å². The number of rotatable bonds is 5. The van der Waals surface area contributed by atoms with Crippen molar-refractivity contribution in [3.63, 3.8) is 0 Å². The molecule has 0 bridgehead atoms. The second-order valence-electron chi connectivity index (χ2n) is 4.69. The highest BCUT2D eigenvalue weighted by Crippen LogP contribution is 2.18. The Kier molecular flexibility index (Phi) is 4.72. The molecule has 0 saturated heterocycles. The summed E-state index contributed by atoms with van der Waals surface area (Å²) in [6, 6.07) is 5.01. The van der Waals surface area contributed by atoms with Crippen LogP contribution in [0, 0.1) is 6.92 Å². The standard InChI is InChI=1S/C12H21N3O2S/c1-9-5-6-11(13)7-12(9)18(16,17)14-8-10(2)15(3)4/h5-7,10,14H,8,13H2,1-4H3. The molecule has 0 aliphatic heterocycles. The molecule has 0 aliphatic rings. The molecule has 1 rings (SSSR count). The minimum Gasteiger partial charge on any atom is -0.399 e. The van der Waals surface area contributed by atoms with Crippen LogP contribution in [0.25, 0.3) is 0 Å². The van der Waals surface area contributed by atoms with Gasteiger partial charge in [0.25, 0.3) is 0 Å². The summed E-state index contributed by atoms with van der Waals surface area (Å²) in [7, 11) is 0.316. The van der Waals surface area contributed by atoms with Crippen LogP contribution in [0.5, 0.6) is 0 Å². The molecule has 0 heterocycles. The molecule has 0 aliphatic carbocycles. The summed E-state index contributed by atoms with van der Waals surface area (Å²) < 4.78 is 26.9. The molecule has 3 N–H and O–H groups in total. The summed E-state index contributed by atoms with van der Waals surface area (Å²) in [4.78, 5) is 2.20. The zero-order valence-corrected chi connectivity index (χ0v) is 12.1. The summed E-state index contributed by atoms with van der Waals surface area (Å²) in [5, 5.41) is 0. The number of sulfonamides is 1. The smallest absolute Gasteiger partial charge is 0.240 e. The van der Waals surface area contributed by atoms with Gasteiger partial charge >= 0.3 is 0 Å². The molecule has 6 heteroatoms. The maximum Gasteiger partial charge on any atom is 0.240 e. The van der Waals surface area contributed by atoms with Gasteiger partial charge in [0.15, 0.2) is 0 Å². The summed E-state index contributed by atoms with van der Waals surface area (Å²) in [5.41, 5.74) is 6.76. The quantitative estimate of drug-likeness (QED) is 0.777. The third-order valence-electron chi connectivity index (χ3n) is 2.95. The molecule has 1 atom stereocenters. The maximum atomic E-state index is 12.1. The lowest BCUT2D eigenvalue weighted by molar-refractivity contribution is 0.314. The minimum absolute atomic E-state index is 0.126. The number of hydrogen-bond donors (Lipinski definition) is 2. The van der Waals surface area contributed by atoms with Gasteiger partial charge in [-0.05, 0) is 45.6 Å². The van der Waals surface area contributed by atoms with Gasteiger partial charge in [-0.2, -0.15) is 0 Å². The Morgan fingerprint density at radius 2 is 2.00 bits per heavy atom. The van der Waals surface area contributed by atoms with E-state index in [1.54, 1.807) is 19.1 Å². The molecule has 0 spiro atoms. The van der Waals surface area contributed by atoms with Gasteiger partial charge in [-0.3, -0.25) is 0 Å². The van der Waals surface area contributed by atoms with E-state index in [0.717, 1.165) is 0 Å². The van der Waals surface area contributed by atoms with Crippen molar-refractivity contribution in [1.82, 2.24) is 9.62 Å². The summed E-state index contributed by atoms with van der Waals surface area (Å²) in [5.74, 6) is 0. The molecule has 0 fully saturated rings. The van der Waals surface area contributed by atoms with Crippen molar-refractivity contribution in [3.8, 4) is 0 Å². The van der Waals surface area contributed by atoms with Crippen molar-refractivity contribution in [2.24, 2.45) is 0 Å². The number of nitrogens with one attached hydrogen (secondary N) is 1. The van der Waals surface area contributed by atoms with Crippen LogP contribution in [0.2, 0.25) is 0 Å². The first-order valence-electron chi connectivity index (χ1n) is 5.76. The van der Waals surface area contributed by atoms with E-state index in [1.165, 1.54) is 6.07 Å². The average Bonchev–Trinajstić information content (AvgIpc) is 2.29. The predicted molar refractivity (Wildman–Crippen MR) is 73.9 cm³/mol. The van der Waals surface area contributed by atoms with E-state index in [4.69, 9.17) is 5.73 Å². The first-order valence-corrected chi connectivity index (χ1v) is 7.24. The fourth-order valence-electron chi connectivity index (χ4n) is 1.40. The van der Waals surface area contributed by atoms with Gasteiger partial charge in [-0.1, -0.05) is 6.07 Å². The number of aryl methyl sites for hydroxylation is 1. The topological polar surface area (TPSA) is 75.4 Å². The van der Waals surface area contributed by atoms with Gasteiger partial charge in [0.1, 0.15) is 0 Å². The average molecular weight is 271 g/mol. The Balaban J connectivity index is 2.90. The van der Waals surface area contributed by atoms with Crippen LogP contribution >= 0.6 is 0 Å².